The third-order valence-corrected chi connectivity index (χ3v) is 6.25. The topological polar surface area (TPSA) is 104 Å². The van der Waals surface area contributed by atoms with Crippen molar-refractivity contribution in [1.82, 2.24) is 4.57 Å². The van der Waals surface area contributed by atoms with Crippen LogP contribution in [0, 0.1) is 10.1 Å². The number of hydrogen-bond acceptors (Lipinski definition) is 7. The van der Waals surface area contributed by atoms with Gasteiger partial charge in [-0.2, -0.15) is 0 Å². The molecular formula is C22H16ClN3O5S. The van der Waals surface area contributed by atoms with E-state index in [0.29, 0.717) is 31.2 Å². The second-order valence-electron chi connectivity index (χ2n) is 6.97. The Hall–Kier alpha value is -3.56. The molecule has 4 rings (SSSR count). The smallest absolute Gasteiger partial charge is 0.338 e. The van der Waals surface area contributed by atoms with Gasteiger partial charge in [-0.05, 0) is 48.4 Å². The molecule has 162 valence electrons. The number of esters is 1. The molecule has 2 aromatic carbocycles. The fraction of sp³-hybridized carbons (Fsp3) is 0.136. The minimum Gasteiger partial charge on any atom is -0.466 e. The van der Waals surface area contributed by atoms with Gasteiger partial charge in [-0.15, -0.1) is 0 Å². The molecule has 32 heavy (non-hydrogen) atoms. The summed E-state index contributed by atoms with van der Waals surface area (Å²) < 4.78 is 6.81. The van der Waals surface area contributed by atoms with Crippen LogP contribution in [0.4, 0.5) is 5.69 Å². The molecule has 0 N–H and O–H groups in total. The highest BCUT2D eigenvalue weighted by Gasteiger charge is 2.33. The monoisotopic (exact) mass is 469 g/mol. The molecule has 1 atom stereocenters. The van der Waals surface area contributed by atoms with Crippen LogP contribution in [-0.4, -0.2) is 22.6 Å². The van der Waals surface area contributed by atoms with E-state index in [4.69, 9.17) is 16.3 Å². The summed E-state index contributed by atoms with van der Waals surface area (Å²) in [6, 6.07) is 12.0. The van der Waals surface area contributed by atoms with Gasteiger partial charge in [-0.1, -0.05) is 35.1 Å². The zero-order valence-electron chi connectivity index (χ0n) is 16.9. The molecule has 0 bridgehead atoms. The van der Waals surface area contributed by atoms with Gasteiger partial charge in [0.05, 0.1) is 33.9 Å². The lowest BCUT2D eigenvalue weighted by atomic mass is 9.96. The van der Waals surface area contributed by atoms with E-state index in [1.165, 1.54) is 35.1 Å². The quantitative estimate of drug-likeness (QED) is 0.332. The molecule has 1 aliphatic heterocycles. The van der Waals surface area contributed by atoms with Crippen molar-refractivity contribution >= 4 is 40.7 Å². The van der Waals surface area contributed by atoms with Crippen molar-refractivity contribution in [3.05, 3.63) is 106 Å². The third kappa shape index (κ3) is 3.88. The minimum absolute atomic E-state index is 0.0373. The Kier molecular flexibility index (Phi) is 5.77. The van der Waals surface area contributed by atoms with E-state index in [0.717, 1.165) is 0 Å². The number of non-ortho nitro benzene ring substituents is 1. The van der Waals surface area contributed by atoms with Crippen LogP contribution in [0.5, 0.6) is 0 Å². The SMILES string of the molecule is COC(=O)C1=C(C)N=c2s/c(=C/c3ccc([N+](=O)[O-])cc3)c(=O)n2[C@@H]1c1ccc(Cl)cc1. The first-order valence-electron chi connectivity index (χ1n) is 9.41. The van der Waals surface area contributed by atoms with Crippen molar-refractivity contribution in [3.8, 4) is 0 Å². The summed E-state index contributed by atoms with van der Waals surface area (Å²) in [5, 5.41) is 11.4. The summed E-state index contributed by atoms with van der Waals surface area (Å²) in [7, 11) is 1.28. The van der Waals surface area contributed by atoms with Crippen molar-refractivity contribution in [3.63, 3.8) is 0 Å². The number of carbonyl (C=O) groups is 1. The molecule has 10 heteroatoms. The maximum atomic E-state index is 13.4. The first-order chi connectivity index (χ1) is 15.3. The van der Waals surface area contributed by atoms with Crippen LogP contribution in [0.15, 0.2) is 69.6 Å². The number of thiazole rings is 1. The van der Waals surface area contributed by atoms with E-state index in [9.17, 15) is 19.7 Å². The van der Waals surface area contributed by atoms with Crippen molar-refractivity contribution < 1.29 is 14.5 Å². The van der Waals surface area contributed by atoms with Crippen LogP contribution in [0.2, 0.25) is 5.02 Å². The second-order valence-corrected chi connectivity index (χ2v) is 8.42. The van der Waals surface area contributed by atoms with E-state index in [2.05, 4.69) is 4.99 Å². The summed E-state index contributed by atoms with van der Waals surface area (Å²) in [5.41, 5.74) is 1.68. The van der Waals surface area contributed by atoms with Gasteiger partial charge in [0, 0.05) is 17.2 Å². The van der Waals surface area contributed by atoms with E-state index >= 15 is 0 Å². The lowest BCUT2D eigenvalue weighted by Gasteiger charge is -2.24. The minimum atomic E-state index is -0.727. The van der Waals surface area contributed by atoms with Gasteiger partial charge in [0.1, 0.15) is 0 Å². The fourth-order valence-corrected chi connectivity index (χ4v) is 4.67. The number of rotatable bonds is 4. The number of ether oxygens (including phenoxy) is 1. The fourth-order valence-electron chi connectivity index (χ4n) is 3.50. The highest BCUT2D eigenvalue weighted by Crippen LogP contribution is 2.31. The number of aromatic nitrogens is 1. The molecule has 1 aromatic heterocycles. The molecular weight excluding hydrogens is 454 g/mol. The second kappa shape index (κ2) is 8.52. The van der Waals surface area contributed by atoms with Gasteiger partial charge in [0.25, 0.3) is 11.2 Å². The van der Waals surface area contributed by atoms with Gasteiger partial charge in [-0.3, -0.25) is 19.5 Å². The predicted octanol–water partition coefficient (Wildman–Crippen LogP) is 2.97. The number of carbonyl (C=O) groups excluding carboxylic acids is 1. The number of hydrogen-bond donors (Lipinski definition) is 0. The molecule has 0 fully saturated rings. The van der Waals surface area contributed by atoms with Crippen LogP contribution in [0.3, 0.4) is 0 Å². The van der Waals surface area contributed by atoms with Crippen molar-refractivity contribution in [1.29, 1.82) is 0 Å². The van der Waals surface area contributed by atoms with Gasteiger partial charge >= 0.3 is 5.97 Å². The van der Waals surface area contributed by atoms with Crippen LogP contribution >= 0.6 is 22.9 Å². The number of nitro benzene ring substituents is 1. The molecule has 0 aliphatic carbocycles. The summed E-state index contributed by atoms with van der Waals surface area (Å²) in [6.45, 7) is 1.70. The number of methoxy groups -OCH3 is 1. The zero-order chi connectivity index (χ0) is 23.0. The highest BCUT2D eigenvalue weighted by molar-refractivity contribution is 7.07. The van der Waals surface area contributed by atoms with E-state index in [1.54, 1.807) is 49.4 Å². The van der Waals surface area contributed by atoms with E-state index in [-0.39, 0.29) is 16.8 Å². The van der Waals surface area contributed by atoms with E-state index in [1.807, 2.05) is 0 Å². The molecule has 0 radical (unpaired) electrons. The van der Waals surface area contributed by atoms with Crippen LogP contribution in [0.25, 0.3) is 6.08 Å². The summed E-state index contributed by atoms with van der Waals surface area (Å²) in [6.07, 6.45) is 1.64. The normalized spacial score (nSPS) is 15.8. The molecule has 0 saturated heterocycles. The van der Waals surface area contributed by atoms with Crippen LogP contribution in [-0.2, 0) is 9.53 Å². The molecule has 0 spiro atoms. The Balaban J connectivity index is 1.92. The Morgan fingerprint density at radius 3 is 2.47 bits per heavy atom. The molecule has 0 saturated carbocycles. The largest absolute Gasteiger partial charge is 0.466 e. The summed E-state index contributed by atoms with van der Waals surface area (Å²) in [5.74, 6) is -0.573. The molecule has 0 amide bonds. The molecule has 0 unspecified atom stereocenters. The first-order valence-corrected chi connectivity index (χ1v) is 10.6. The van der Waals surface area contributed by atoms with Crippen LogP contribution in [0.1, 0.15) is 24.1 Å². The Morgan fingerprint density at radius 2 is 1.88 bits per heavy atom. The molecule has 8 nitrogen and oxygen atoms in total. The van der Waals surface area contributed by atoms with Gasteiger partial charge in [0.15, 0.2) is 4.80 Å². The van der Waals surface area contributed by atoms with Gasteiger partial charge in [-0.25, -0.2) is 9.79 Å². The van der Waals surface area contributed by atoms with Crippen molar-refractivity contribution in [2.75, 3.05) is 7.11 Å². The Labute approximate surface area is 190 Å². The first kappa shape index (κ1) is 21.7. The highest BCUT2D eigenvalue weighted by atomic mass is 35.5. The van der Waals surface area contributed by atoms with E-state index < -0.39 is 16.9 Å². The van der Waals surface area contributed by atoms with Crippen LogP contribution < -0.4 is 14.9 Å². The number of nitro groups is 1. The average Bonchev–Trinajstić information content (AvgIpc) is 3.08. The Morgan fingerprint density at radius 1 is 1.22 bits per heavy atom. The van der Waals surface area contributed by atoms with Crippen molar-refractivity contribution in [2.45, 2.75) is 13.0 Å². The maximum Gasteiger partial charge on any atom is 0.338 e. The predicted molar refractivity (Wildman–Crippen MR) is 120 cm³/mol. The number of halogens is 1. The zero-order valence-corrected chi connectivity index (χ0v) is 18.5. The van der Waals surface area contributed by atoms with Gasteiger partial charge < -0.3 is 4.74 Å². The summed E-state index contributed by atoms with van der Waals surface area (Å²) >= 11 is 7.20. The Bertz CT molecular complexity index is 1440. The number of nitrogens with zero attached hydrogens (tertiary/aromatic N) is 3. The molecule has 3 aromatic rings. The third-order valence-electron chi connectivity index (χ3n) is 5.01. The number of allylic oxidation sites excluding steroid dienone is 1. The summed E-state index contributed by atoms with van der Waals surface area (Å²) in [4.78, 5) is 41.3. The standard InChI is InChI=1S/C22H16ClN3O5S/c1-12-18(21(28)31-2)19(14-5-7-15(23)8-6-14)25-20(27)17(32-22(25)24-12)11-13-3-9-16(10-4-13)26(29)30/h3-11,19H,1-2H3/b17-11+/t19-/m1/s1. The lowest BCUT2D eigenvalue weighted by molar-refractivity contribution is -0.384. The van der Waals surface area contributed by atoms with Gasteiger partial charge in [0.2, 0.25) is 0 Å². The van der Waals surface area contributed by atoms with Crippen molar-refractivity contribution in [2.24, 2.45) is 4.99 Å². The molecule has 2 heterocycles. The lowest BCUT2D eigenvalue weighted by Crippen LogP contribution is -2.39. The average molecular weight is 470 g/mol. The maximum absolute atomic E-state index is 13.4. The number of fused-ring (bicyclic) bond motifs is 1. The molecule has 1 aliphatic rings. The number of benzene rings is 2.